The number of rotatable bonds is 2. The van der Waals surface area contributed by atoms with E-state index < -0.39 is 0 Å². The molecule has 0 saturated heterocycles. The minimum atomic E-state index is -0.0895. The van der Waals surface area contributed by atoms with Crippen molar-refractivity contribution in [1.29, 1.82) is 0 Å². The summed E-state index contributed by atoms with van der Waals surface area (Å²) in [6, 6.07) is 16.6. The maximum absolute atomic E-state index is 5.84. The predicted octanol–water partition coefficient (Wildman–Crippen LogP) is 1.23. The van der Waals surface area contributed by atoms with Crippen LogP contribution in [0.3, 0.4) is 0 Å². The summed E-state index contributed by atoms with van der Waals surface area (Å²) in [6.07, 6.45) is 0. The van der Waals surface area contributed by atoms with Gasteiger partial charge < -0.3 is 0 Å². The molecule has 0 fully saturated rings. The second-order valence-corrected chi connectivity index (χ2v) is 7.35. The molecular weight excluding hydrogens is 386 g/mol. The van der Waals surface area contributed by atoms with Crippen molar-refractivity contribution in [2.75, 3.05) is 0 Å². The molecule has 2 rings (SSSR count). The van der Waals surface area contributed by atoms with Crippen molar-refractivity contribution in [2.24, 2.45) is 0 Å². The average molecular weight is 394 g/mol. The van der Waals surface area contributed by atoms with E-state index in [-0.39, 0.29) is 21.2 Å². The van der Waals surface area contributed by atoms with Gasteiger partial charge in [-0.05, 0) is 0 Å². The van der Waals surface area contributed by atoms with E-state index in [0.29, 0.717) is 0 Å². The molecule has 2 aromatic carbocycles. The molecule has 0 bridgehead atoms. The third-order valence-electron chi connectivity index (χ3n) is 1.81. The van der Waals surface area contributed by atoms with Crippen LogP contribution < -0.4 is 21.2 Å². The molecule has 0 unspecified atom stereocenters. The number of benzene rings is 2. The summed E-state index contributed by atoms with van der Waals surface area (Å²) in [5, 5.41) is 0.803. The van der Waals surface area contributed by atoms with Crippen molar-refractivity contribution in [3.8, 4) is 0 Å². The monoisotopic (exact) mass is 393 g/mol. The first-order valence-electron chi connectivity index (χ1n) is 4.40. The molecule has 15 heavy (non-hydrogen) atoms. The summed E-state index contributed by atoms with van der Waals surface area (Å²) >= 11 is 9.24. The molecule has 78 valence electrons. The van der Waals surface area contributed by atoms with Gasteiger partial charge in [0.05, 0.1) is 0 Å². The van der Waals surface area contributed by atoms with Gasteiger partial charge in [0.1, 0.15) is 0 Å². The fourth-order valence-corrected chi connectivity index (χ4v) is 4.41. The first kappa shape index (κ1) is 11.4. The Bertz CT molecular complexity index is 453. The molecule has 0 radical (unpaired) electrons. The Morgan fingerprint density at radius 3 is 2.33 bits per heavy atom. The zero-order valence-corrected chi connectivity index (χ0v) is 12.3. The van der Waals surface area contributed by atoms with Crippen LogP contribution in [0.4, 0.5) is 0 Å². The van der Waals surface area contributed by atoms with Crippen LogP contribution in [-0.2, 0) is 0 Å². The number of hydrogen-bond acceptors (Lipinski definition) is 0. The molecule has 0 aliphatic heterocycles. The second-order valence-electron chi connectivity index (χ2n) is 2.97. The normalized spacial score (nSPS) is 10.5. The van der Waals surface area contributed by atoms with Crippen LogP contribution in [0.1, 0.15) is 0 Å². The molecule has 0 atom stereocenters. The van der Waals surface area contributed by atoms with Gasteiger partial charge in [0.15, 0.2) is 0 Å². The molecule has 0 saturated carbocycles. The Balaban J connectivity index is 2.18. The van der Waals surface area contributed by atoms with Gasteiger partial charge in [-0.15, -0.1) is 0 Å². The molecule has 2 aromatic rings. The van der Waals surface area contributed by atoms with Crippen molar-refractivity contribution in [2.45, 2.75) is 0 Å². The van der Waals surface area contributed by atoms with Crippen molar-refractivity contribution in [1.82, 2.24) is 0 Å². The summed E-state index contributed by atoms with van der Waals surface area (Å²) in [7, 11) is 0. The van der Waals surface area contributed by atoms with Gasteiger partial charge in [0, 0.05) is 0 Å². The van der Waals surface area contributed by atoms with Crippen LogP contribution in [0.15, 0.2) is 53.0 Å². The number of halogens is 3. The fourth-order valence-electron chi connectivity index (χ4n) is 1.14. The summed E-state index contributed by atoms with van der Waals surface area (Å²) in [4.78, 5) is 0. The van der Waals surface area contributed by atoms with Gasteiger partial charge in [0.25, 0.3) is 0 Å². The quantitative estimate of drug-likeness (QED) is 0.673. The van der Waals surface area contributed by atoms with Gasteiger partial charge >= 0.3 is 114 Å². The molecule has 3 heteroatoms. The van der Waals surface area contributed by atoms with Gasteiger partial charge in [-0.25, -0.2) is 0 Å². The van der Waals surface area contributed by atoms with Crippen molar-refractivity contribution < 1.29 is 21.2 Å². The van der Waals surface area contributed by atoms with Crippen LogP contribution in [0.2, 0.25) is 5.02 Å². The van der Waals surface area contributed by atoms with Crippen LogP contribution in [0.25, 0.3) is 0 Å². The van der Waals surface area contributed by atoms with E-state index in [1.165, 1.54) is 7.14 Å². The zero-order valence-electron chi connectivity index (χ0n) is 7.75. The molecule has 0 spiro atoms. The first-order valence-corrected chi connectivity index (χ1v) is 7.73. The predicted molar refractivity (Wildman–Crippen MR) is 63.0 cm³/mol. The molecule has 0 amide bonds. The zero-order chi connectivity index (χ0) is 10.7. The SMILES string of the molecule is Clc1ccc([I-]c2cccc(Br)c2)cc1. The van der Waals surface area contributed by atoms with Crippen molar-refractivity contribution >= 4 is 27.5 Å². The van der Waals surface area contributed by atoms with E-state index in [1.807, 2.05) is 12.1 Å². The maximum atomic E-state index is 5.84. The molecular formula is C12H8BrClI-. The minimum absolute atomic E-state index is 0.0895. The third-order valence-corrected chi connectivity index (χ3v) is 5.19. The Morgan fingerprint density at radius 2 is 1.67 bits per heavy atom. The summed E-state index contributed by atoms with van der Waals surface area (Å²) in [6.45, 7) is 0. The summed E-state index contributed by atoms with van der Waals surface area (Å²) in [5.74, 6) is 0. The van der Waals surface area contributed by atoms with Crippen LogP contribution in [-0.4, -0.2) is 0 Å². The van der Waals surface area contributed by atoms with E-state index in [4.69, 9.17) is 11.6 Å². The Morgan fingerprint density at radius 1 is 0.933 bits per heavy atom. The van der Waals surface area contributed by atoms with Gasteiger partial charge in [0.2, 0.25) is 0 Å². The van der Waals surface area contributed by atoms with E-state index >= 15 is 0 Å². The molecule has 0 heterocycles. The fraction of sp³-hybridized carbons (Fsp3) is 0. The molecule has 0 aliphatic carbocycles. The summed E-state index contributed by atoms with van der Waals surface area (Å²) in [5.41, 5.74) is 0. The van der Waals surface area contributed by atoms with E-state index in [1.54, 1.807) is 0 Å². The van der Waals surface area contributed by atoms with Crippen molar-refractivity contribution in [3.05, 3.63) is 65.2 Å². The van der Waals surface area contributed by atoms with Crippen LogP contribution in [0, 0.1) is 7.14 Å². The first-order chi connectivity index (χ1) is 7.24. The van der Waals surface area contributed by atoms with Crippen LogP contribution >= 0.6 is 27.5 Å². The van der Waals surface area contributed by atoms with Crippen LogP contribution in [0.5, 0.6) is 0 Å². The molecule has 0 aromatic heterocycles. The Labute approximate surface area is 113 Å². The summed E-state index contributed by atoms with van der Waals surface area (Å²) < 4.78 is 3.94. The second kappa shape index (κ2) is 5.32. The standard InChI is InChI=1S/C12H8BrClI/c13-9-2-1-3-12(8-9)15-11-6-4-10(14)5-7-11/h1-8H/q-1. The van der Waals surface area contributed by atoms with Gasteiger partial charge in [-0.3, -0.25) is 0 Å². The average Bonchev–Trinajstić information content (AvgIpc) is 2.22. The third kappa shape index (κ3) is 3.47. The van der Waals surface area contributed by atoms with Gasteiger partial charge in [-0.1, -0.05) is 0 Å². The Hall–Kier alpha value is -0.0600. The molecule has 0 N–H and O–H groups in total. The molecule has 0 aliphatic rings. The van der Waals surface area contributed by atoms with Gasteiger partial charge in [-0.2, -0.15) is 0 Å². The van der Waals surface area contributed by atoms with Crippen molar-refractivity contribution in [3.63, 3.8) is 0 Å². The van der Waals surface area contributed by atoms with E-state index in [2.05, 4.69) is 52.3 Å². The van der Waals surface area contributed by atoms with E-state index in [9.17, 15) is 0 Å². The molecule has 0 nitrogen and oxygen atoms in total. The van der Waals surface area contributed by atoms with E-state index in [0.717, 1.165) is 9.50 Å². The topological polar surface area (TPSA) is 0 Å². The Kier molecular flexibility index (Phi) is 4.05. The number of hydrogen-bond donors (Lipinski definition) is 0.